The summed E-state index contributed by atoms with van der Waals surface area (Å²) in [5, 5.41) is 1.12. The van der Waals surface area contributed by atoms with Crippen molar-refractivity contribution >= 4 is 22.4 Å². The van der Waals surface area contributed by atoms with Crippen LogP contribution in [0.25, 0.3) is 10.9 Å². The van der Waals surface area contributed by atoms with E-state index in [0.717, 1.165) is 24.0 Å². The fourth-order valence-corrected chi connectivity index (χ4v) is 2.55. The molecule has 1 aliphatic rings. The van der Waals surface area contributed by atoms with Gasteiger partial charge in [-0.25, -0.2) is 0 Å². The number of hydrogen-bond donors (Lipinski definition) is 1. The molecular formula is C14H16N2O. The highest BCUT2D eigenvalue weighted by atomic mass is 16.1. The van der Waals surface area contributed by atoms with Gasteiger partial charge in [0.25, 0.3) is 0 Å². The lowest BCUT2D eigenvalue weighted by molar-refractivity contribution is 0.101. The number of nitrogens with one attached hydrogen (secondary N) is 1. The van der Waals surface area contributed by atoms with Crippen molar-refractivity contribution in [3.8, 4) is 0 Å². The van der Waals surface area contributed by atoms with Crippen LogP contribution in [0.15, 0.2) is 24.3 Å². The number of carbonyl (C=O) groups excluding carboxylic acids is 1. The Kier molecular flexibility index (Phi) is 2.39. The summed E-state index contributed by atoms with van der Waals surface area (Å²) in [4.78, 5) is 17.0. The molecule has 88 valence electrons. The third-order valence-electron chi connectivity index (χ3n) is 3.46. The standard InChI is InChI=1S/C14H16N2O/c1-10(17)12-9-11-5-4-6-13(14(11)15-12)16-7-2-3-8-16/h4-6,9,15H,2-3,7-8H2,1H3. The van der Waals surface area contributed by atoms with E-state index in [1.54, 1.807) is 6.92 Å². The quantitative estimate of drug-likeness (QED) is 0.802. The third kappa shape index (κ3) is 1.71. The number of nitrogens with zero attached hydrogens (tertiary/aromatic N) is 1. The predicted octanol–water partition coefficient (Wildman–Crippen LogP) is 2.97. The van der Waals surface area contributed by atoms with Crippen LogP contribution in [0.3, 0.4) is 0 Å². The van der Waals surface area contributed by atoms with E-state index in [0.29, 0.717) is 5.69 Å². The number of Topliss-reactive ketones (excluding diaryl/α,β-unsaturated/α-hetero) is 1. The Balaban J connectivity index is 2.14. The fourth-order valence-electron chi connectivity index (χ4n) is 2.55. The Morgan fingerprint density at radius 1 is 1.29 bits per heavy atom. The first-order chi connectivity index (χ1) is 8.25. The first-order valence-electron chi connectivity index (χ1n) is 6.13. The molecule has 0 radical (unpaired) electrons. The van der Waals surface area contributed by atoms with E-state index in [1.807, 2.05) is 6.07 Å². The van der Waals surface area contributed by atoms with Crippen molar-refractivity contribution < 1.29 is 4.79 Å². The molecule has 1 aromatic carbocycles. The maximum absolute atomic E-state index is 11.4. The van der Waals surface area contributed by atoms with Crippen molar-refractivity contribution in [3.05, 3.63) is 30.0 Å². The molecule has 3 rings (SSSR count). The molecule has 1 N–H and O–H groups in total. The highest BCUT2D eigenvalue weighted by molar-refractivity contribution is 6.01. The zero-order chi connectivity index (χ0) is 11.8. The molecule has 1 aliphatic heterocycles. The van der Waals surface area contributed by atoms with Crippen LogP contribution in [0.2, 0.25) is 0 Å². The molecule has 0 bridgehead atoms. The van der Waals surface area contributed by atoms with Gasteiger partial charge in [0.05, 0.1) is 16.9 Å². The lowest BCUT2D eigenvalue weighted by Gasteiger charge is -2.18. The lowest BCUT2D eigenvalue weighted by Crippen LogP contribution is -2.17. The summed E-state index contributed by atoms with van der Waals surface area (Å²) < 4.78 is 0. The van der Waals surface area contributed by atoms with E-state index < -0.39 is 0 Å². The summed E-state index contributed by atoms with van der Waals surface area (Å²) in [5.74, 6) is 0.0913. The van der Waals surface area contributed by atoms with Crippen molar-refractivity contribution in [1.29, 1.82) is 0 Å². The number of hydrogen-bond acceptors (Lipinski definition) is 2. The molecule has 2 aromatic rings. The number of benzene rings is 1. The van der Waals surface area contributed by atoms with E-state index in [4.69, 9.17) is 0 Å². The first-order valence-corrected chi connectivity index (χ1v) is 6.13. The maximum Gasteiger partial charge on any atom is 0.175 e. The topological polar surface area (TPSA) is 36.1 Å². The predicted molar refractivity (Wildman–Crippen MR) is 69.8 cm³/mol. The zero-order valence-electron chi connectivity index (χ0n) is 9.99. The summed E-state index contributed by atoms with van der Waals surface area (Å²) in [6.07, 6.45) is 2.52. The molecule has 3 nitrogen and oxygen atoms in total. The van der Waals surface area contributed by atoms with Gasteiger partial charge in [-0.2, -0.15) is 0 Å². The van der Waals surface area contributed by atoms with Crippen LogP contribution < -0.4 is 4.90 Å². The Morgan fingerprint density at radius 3 is 2.76 bits per heavy atom. The molecular weight excluding hydrogens is 212 g/mol. The van der Waals surface area contributed by atoms with Gasteiger partial charge < -0.3 is 9.88 Å². The summed E-state index contributed by atoms with van der Waals surface area (Å²) in [5.41, 5.74) is 3.03. The Morgan fingerprint density at radius 2 is 2.06 bits per heavy atom. The number of anilines is 1. The van der Waals surface area contributed by atoms with Crippen molar-refractivity contribution in [2.75, 3.05) is 18.0 Å². The third-order valence-corrected chi connectivity index (χ3v) is 3.46. The number of ketones is 1. The molecule has 2 heterocycles. The minimum absolute atomic E-state index is 0.0913. The van der Waals surface area contributed by atoms with E-state index in [-0.39, 0.29) is 5.78 Å². The molecule has 1 fully saturated rings. The minimum atomic E-state index is 0.0913. The van der Waals surface area contributed by atoms with Gasteiger partial charge >= 0.3 is 0 Å². The number of aromatic amines is 1. The molecule has 0 saturated carbocycles. The van der Waals surface area contributed by atoms with Crippen LogP contribution in [-0.2, 0) is 0 Å². The molecule has 0 amide bonds. The summed E-state index contributed by atoms with van der Waals surface area (Å²) in [6.45, 7) is 3.83. The summed E-state index contributed by atoms with van der Waals surface area (Å²) >= 11 is 0. The van der Waals surface area contributed by atoms with Gasteiger partial charge in [0.15, 0.2) is 5.78 Å². The van der Waals surface area contributed by atoms with Crippen molar-refractivity contribution in [1.82, 2.24) is 4.98 Å². The highest BCUT2D eigenvalue weighted by Gasteiger charge is 2.16. The molecule has 17 heavy (non-hydrogen) atoms. The number of fused-ring (bicyclic) bond motifs is 1. The van der Waals surface area contributed by atoms with Crippen LogP contribution in [0.4, 0.5) is 5.69 Å². The summed E-state index contributed by atoms with van der Waals surface area (Å²) in [6, 6.07) is 8.19. The van der Waals surface area contributed by atoms with Gasteiger partial charge in [-0.05, 0) is 25.0 Å². The minimum Gasteiger partial charge on any atom is -0.370 e. The second-order valence-corrected chi connectivity index (χ2v) is 4.67. The number of H-pyrrole nitrogens is 1. The first kappa shape index (κ1) is 10.4. The van der Waals surface area contributed by atoms with Gasteiger partial charge in [0.2, 0.25) is 0 Å². The van der Waals surface area contributed by atoms with Crippen LogP contribution in [-0.4, -0.2) is 23.9 Å². The normalized spacial score (nSPS) is 15.7. The largest absolute Gasteiger partial charge is 0.370 e. The molecule has 0 atom stereocenters. The molecule has 0 aliphatic carbocycles. The SMILES string of the molecule is CC(=O)c1cc2cccc(N3CCCC3)c2[nH]1. The Hall–Kier alpha value is -1.77. The highest BCUT2D eigenvalue weighted by Crippen LogP contribution is 2.29. The average Bonchev–Trinajstić information content (AvgIpc) is 2.97. The number of carbonyl (C=O) groups is 1. The van der Waals surface area contributed by atoms with Crippen LogP contribution >= 0.6 is 0 Å². The summed E-state index contributed by atoms with van der Waals surface area (Å²) in [7, 11) is 0. The Labute approximate surface area is 100 Å². The van der Waals surface area contributed by atoms with Gasteiger partial charge in [0.1, 0.15) is 0 Å². The van der Waals surface area contributed by atoms with Gasteiger partial charge in [-0.1, -0.05) is 12.1 Å². The van der Waals surface area contributed by atoms with Gasteiger partial charge in [0, 0.05) is 25.4 Å². The van der Waals surface area contributed by atoms with Gasteiger partial charge in [-0.15, -0.1) is 0 Å². The van der Waals surface area contributed by atoms with Crippen molar-refractivity contribution in [2.45, 2.75) is 19.8 Å². The fraction of sp³-hybridized carbons (Fsp3) is 0.357. The maximum atomic E-state index is 11.4. The van der Waals surface area contributed by atoms with E-state index in [9.17, 15) is 4.79 Å². The molecule has 0 spiro atoms. The monoisotopic (exact) mass is 228 g/mol. The second kappa shape index (κ2) is 3.91. The number of aromatic nitrogens is 1. The number of para-hydroxylation sites is 1. The molecule has 0 unspecified atom stereocenters. The molecule has 1 aromatic heterocycles. The van der Waals surface area contributed by atoms with Crippen molar-refractivity contribution in [2.24, 2.45) is 0 Å². The molecule has 1 saturated heterocycles. The van der Waals surface area contributed by atoms with E-state index >= 15 is 0 Å². The van der Waals surface area contributed by atoms with E-state index in [2.05, 4.69) is 28.1 Å². The van der Waals surface area contributed by atoms with Crippen LogP contribution in [0.1, 0.15) is 30.3 Å². The Bertz CT molecular complexity index is 565. The van der Waals surface area contributed by atoms with Crippen LogP contribution in [0, 0.1) is 0 Å². The smallest absolute Gasteiger partial charge is 0.175 e. The second-order valence-electron chi connectivity index (χ2n) is 4.67. The van der Waals surface area contributed by atoms with Gasteiger partial charge in [-0.3, -0.25) is 4.79 Å². The van der Waals surface area contributed by atoms with Crippen LogP contribution in [0.5, 0.6) is 0 Å². The lowest BCUT2D eigenvalue weighted by atomic mass is 10.2. The zero-order valence-corrected chi connectivity index (χ0v) is 9.99. The van der Waals surface area contributed by atoms with Crippen molar-refractivity contribution in [3.63, 3.8) is 0 Å². The molecule has 3 heteroatoms. The number of rotatable bonds is 2. The van der Waals surface area contributed by atoms with E-state index in [1.165, 1.54) is 18.5 Å². The average molecular weight is 228 g/mol.